The summed E-state index contributed by atoms with van der Waals surface area (Å²) in [6.07, 6.45) is -12.2. The molecule has 1 saturated carbocycles. The molecule has 0 aromatic rings. The van der Waals surface area contributed by atoms with Gasteiger partial charge in [-0.3, -0.25) is 4.79 Å². The molecule has 0 radical (unpaired) electrons. The number of nitrogens with two attached hydrogens (primary N) is 4. The molecule has 0 aromatic heterocycles. The first-order valence-corrected chi connectivity index (χ1v) is 14.0. The molecule has 2 saturated heterocycles. The van der Waals surface area contributed by atoms with Gasteiger partial charge in [-0.15, -0.1) is 0 Å². The van der Waals surface area contributed by atoms with E-state index in [4.69, 9.17) is 42.3 Å². The summed E-state index contributed by atoms with van der Waals surface area (Å²) in [7, 11) is 0. The molecule has 240 valence electrons. The SMILES string of the molecule is NCCC(O)C(=O)NC1CC(N)C(C2OC(CNCCO)C(O)CC2N)C(O)C1OC1OC(CO)C(O)C(N)C1O. The van der Waals surface area contributed by atoms with Gasteiger partial charge in [0.25, 0.3) is 0 Å². The molecule has 2 heterocycles. The van der Waals surface area contributed by atoms with E-state index in [2.05, 4.69) is 10.6 Å². The Balaban J connectivity index is 1.87. The minimum Gasteiger partial charge on any atom is -0.395 e. The van der Waals surface area contributed by atoms with Gasteiger partial charge in [0, 0.05) is 31.1 Å². The molecule has 15 unspecified atom stereocenters. The van der Waals surface area contributed by atoms with E-state index in [9.17, 15) is 35.4 Å². The monoisotopic (exact) mass is 596 g/mol. The topological polar surface area (TPSA) is 315 Å². The lowest BCUT2D eigenvalue weighted by molar-refractivity contribution is -0.306. The average molecular weight is 597 g/mol. The fourth-order valence-electron chi connectivity index (χ4n) is 5.84. The molecule has 1 aliphatic carbocycles. The van der Waals surface area contributed by atoms with Crippen LogP contribution in [0.25, 0.3) is 0 Å². The highest BCUT2D eigenvalue weighted by Gasteiger charge is 2.53. The standard InChI is InChI=1S/C24H48N6O11/c25-2-1-12(33)23(38)30-11-5-9(26)16(21-10(27)6-13(34)14(39-21)7-29-3-4-31)19(36)22(11)41-24-20(37)17(28)18(35)15(8-32)40-24/h9-22,24,29,31-37H,1-8,25-28H2,(H,30,38). The molecule has 3 aliphatic rings. The molecule has 41 heavy (non-hydrogen) atoms. The van der Waals surface area contributed by atoms with Crippen LogP contribution in [0.3, 0.4) is 0 Å². The van der Waals surface area contributed by atoms with Gasteiger partial charge in [0.2, 0.25) is 5.91 Å². The highest BCUT2D eigenvalue weighted by molar-refractivity contribution is 5.80. The van der Waals surface area contributed by atoms with Gasteiger partial charge in [-0.2, -0.15) is 0 Å². The smallest absolute Gasteiger partial charge is 0.249 e. The third-order valence-corrected chi connectivity index (χ3v) is 8.16. The Morgan fingerprint density at radius 3 is 2.32 bits per heavy atom. The number of aliphatic hydroxyl groups excluding tert-OH is 7. The molecule has 0 aromatic carbocycles. The number of rotatable bonds is 12. The van der Waals surface area contributed by atoms with E-state index < -0.39 is 104 Å². The Morgan fingerprint density at radius 2 is 1.68 bits per heavy atom. The van der Waals surface area contributed by atoms with Gasteiger partial charge in [-0.05, 0) is 25.8 Å². The second kappa shape index (κ2) is 15.6. The third-order valence-electron chi connectivity index (χ3n) is 8.16. The number of hydrogen-bond acceptors (Lipinski definition) is 16. The molecular weight excluding hydrogens is 548 g/mol. The van der Waals surface area contributed by atoms with Crippen LogP contribution in [0.15, 0.2) is 0 Å². The molecule has 15 atom stereocenters. The van der Waals surface area contributed by atoms with Gasteiger partial charge in [0.05, 0.1) is 49.7 Å². The van der Waals surface area contributed by atoms with E-state index in [1.807, 2.05) is 0 Å². The van der Waals surface area contributed by atoms with Crippen molar-refractivity contribution < 1.29 is 54.8 Å². The van der Waals surface area contributed by atoms with Crippen molar-refractivity contribution in [3.63, 3.8) is 0 Å². The lowest BCUT2D eigenvalue weighted by Gasteiger charge is -2.51. The third kappa shape index (κ3) is 8.08. The van der Waals surface area contributed by atoms with Crippen LogP contribution in [0.4, 0.5) is 0 Å². The van der Waals surface area contributed by atoms with Gasteiger partial charge in [0.1, 0.15) is 30.5 Å². The normalized spacial score (nSPS) is 44.4. The van der Waals surface area contributed by atoms with E-state index >= 15 is 0 Å². The van der Waals surface area contributed by atoms with Crippen LogP contribution in [0.1, 0.15) is 19.3 Å². The van der Waals surface area contributed by atoms with Crippen molar-refractivity contribution in [2.24, 2.45) is 28.9 Å². The molecule has 0 spiro atoms. The maximum Gasteiger partial charge on any atom is 0.249 e. The molecular formula is C24H48N6O11. The Bertz CT molecular complexity index is 818. The summed E-state index contributed by atoms with van der Waals surface area (Å²) < 4.78 is 17.7. The molecule has 17 N–H and O–H groups in total. The highest BCUT2D eigenvalue weighted by atomic mass is 16.7. The molecule has 17 heteroatoms. The van der Waals surface area contributed by atoms with Crippen molar-refractivity contribution in [1.29, 1.82) is 0 Å². The lowest BCUT2D eigenvalue weighted by atomic mass is 9.72. The molecule has 1 amide bonds. The Morgan fingerprint density at radius 1 is 0.976 bits per heavy atom. The second-order valence-electron chi connectivity index (χ2n) is 11.1. The first-order chi connectivity index (χ1) is 19.4. The minimum atomic E-state index is -1.57. The van der Waals surface area contributed by atoms with Gasteiger partial charge in [-0.1, -0.05) is 0 Å². The molecule has 0 bridgehead atoms. The van der Waals surface area contributed by atoms with Crippen molar-refractivity contribution in [2.75, 3.05) is 32.8 Å². The first kappa shape index (κ1) is 34.4. The first-order valence-electron chi connectivity index (χ1n) is 14.0. The van der Waals surface area contributed by atoms with Crippen LogP contribution in [0.2, 0.25) is 0 Å². The van der Waals surface area contributed by atoms with Gasteiger partial charge in [-0.25, -0.2) is 0 Å². The number of aliphatic hydroxyl groups is 7. The molecule has 3 fully saturated rings. The molecule has 3 rings (SSSR count). The summed E-state index contributed by atoms with van der Waals surface area (Å²) in [6.45, 7) is -0.224. The Kier molecular flexibility index (Phi) is 13.0. The van der Waals surface area contributed by atoms with E-state index in [0.717, 1.165) is 0 Å². The molecule has 2 aliphatic heterocycles. The van der Waals surface area contributed by atoms with Crippen LogP contribution >= 0.6 is 0 Å². The fourth-order valence-corrected chi connectivity index (χ4v) is 5.84. The van der Waals surface area contributed by atoms with Gasteiger partial charge < -0.3 is 83.5 Å². The predicted octanol–water partition coefficient (Wildman–Crippen LogP) is -7.53. The highest BCUT2D eigenvalue weighted by Crippen LogP contribution is 2.36. The zero-order chi connectivity index (χ0) is 30.4. The van der Waals surface area contributed by atoms with Crippen LogP contribution in [-0.4, -0.2) is 160 Å². The van der Waals surface area contributed by atoms with Crippen molar-refractivity contribution in [2.45, 2.75) is 105 Å². The minimum absolute atomic E-state index is 0.0184. The summed E-state index contributed by atoms with van der Waals surface area (Å²) >= 11 is 0. The maximum atomic E-state index is 12.7. The van der Waals surface area contributed by atoms with Crippen LogP contribution < -0.4 is 33.6 Å². The predicted molar refractivity (Wildman–Crippen MR) is 142 cm³/mol. The zero-order valence-corrected chi connectivity index (χ0v) is 22.9. The summed E-state index contributed by atoms with van der Waals surface area (Å²) in [4.78, 5) is 12.7. The number of carbonyl (C=O) groups excluding carboxylic acids is 1. The fraction of sp³-hybridized carbons (Fsp3) is 0.958. The second-order valence-corrected chi connectivity index (χ2v) is 11.1. The number of carbonyl (C=O) groups is 1. The van der Waals surface area contributed by atoms with Crippen LogP contribution in [0, 0.1) is 5.92 Å². The van der Waals surface area contributed by atoms with Crippen molar-refractivity contribution in [1.82, 2.24) is 10.6 Å². The van der Waals surface area contributed by atoms with Crippen LogP contribution in [0.5, 0.6) is 0 Å². The van der Waals surface area contributed by atoms with E-state index in [0.29, 0.717) is 0 Å². The van der Waals surface area contributed by atoms with E-state index in [1.54, 1.807) is 0 Å². The van der Waals surface area contributed by atoms with Gasteiger partial charge >= 0.3 is 0 Å². The number of nitrogens with one attached hydrogen (secondary N) is 2. The Hall–Kier alpha value is -1.13. The van der Waals surface area contributed by atoms with Crippen molar-refractivity contribution >= 4 is 5.91 Å². The Labute approximate surface area is 238 Å². The van der Waals surface area contributed by atoms with E-state index in [1.165, 1.54) is 0 Å². The summed E-state index contributed by atoms with van der Waals surface area (Å²) in [6, 6.07) is -3.78. The lowest BCUT2D eigenvalue weighted by Crippen LogP contribution is -2.70. The molecule has 17 nitrogen and oxygen atoms in total. The van der Waals surface area contributed by atoms with Gasteiger partial charge in [0.15, 0.2) is 6.29 Å². The largest absolute Gasteiger partial charge is 0.395 e. The zero-order valence-electron chi connectivity index (χ0n) is 22.9. The maximum absolute atomic E-state index is 12.7. The summed E-state index contributed by atoms with van der Waals surface area (Å²) in [5, 5.41) is 77.5. The summed E-state index contributed by atoms with van der Waals surface area (Å²) in [5.74, 6) is -1.65. The van der Waals surface area contributed by atoms with Crippen molar-refractivity contribution in [3.05, 3.63) is 0 Å². The van der Waals surface area contributed by atoms with Crippen molar-refractivity contribution in [3.8, 4) is 0 Å². The average Bonchev–Trinajstić information content (AvgIpc) is 2.92. The number of ether oxygens (including phenoxy) is 3. The summed E-state index contributed by atoms with van der Waals surface area (Å²) in [5.41, 5.74) is 24.2. The number of amides is 1. The number of hydrogen-bond donors (Lipinski definition) is 13. The van der Waals surface area contributed by atoms with Crippen LogP contribution in [-0.2, 0) is 19.0 Å². The van der Waals surface area contributed by atoms with E-state index in [-0.39, 0.29) is 45.5 Å². The quantitative estimate of drug-likeness (QED) is 0.0930.